The number of methoxy groups -OCH3 is 1. The molecule has 0 aliphatic carbocycles. The van der Waals surface area contributed by atoms with Crippen molar-refractivity contribution in [3.8, 4) is 0 Å². The number of nitrogens with zero attached hydrogens (tertiary/aromatic N) is 1. The second kappa shape index (κ2) is 4.25. The van der Waals surface area contributed by atoms with E-state index in [0.29, 0.717) is 11.3 Å². The number of benzene rings is 1. The molecule has 0 bridgehead atoms. The summed E-state index contributed by atoms with van der Waals surface area (Å²) in [4.78, 5) is 11.2. The summed E-state index contributed by atoms with van der Waals surface area (Å²) < 4.78 is 4.58. The van der Waals surface area contributed by atoms with Crippen molar-refractivity contribution < 1.29 is 9.53 Å². The van der Waals surface area contributed by atoms with Crippen molar-refractivity contribution in [1.82, 2.24) is 0 Å². The van der Waals surface area contributed by atoms with Crippen LogP contribution in [0, 0.1) is 0 Å². The van der Waals surface area contributed by atoms with Crippen LogP contribution in [0.5, 0.6) is 0 Å². The summed E-state index contributed by atoms with van der Waals surface area (Å²) in [7, 11) is 1.33. The Morgan fingerprint density at radius 2 is 2.23 bits per heavy atom. The van der Waals surface area contributed by atoms with E-state index in [-0.39, 0.29) is 0 Å². The van der Waals surface area contributed by atoms with Crippen molar-refractivity contribution in [2.45, 2.75) is 0 Å². The molecule has 0 spiro atoms. The molecule has 0 atom stereocenters. The van der Waals surface area contributed by atoms with Gasteiger partial charge in [0.15, 0.2) is 0 Å². The first-order chi connectivity index (χ1) is 6.29. The molecule has 1 aromatic rings. The highest BCUT2D eigenvalue weighted by Gasteiger charge is 2.09. The number of anilines is 1. The van der Waals surface area contributed by atoms with Gasteiger partial charge in [0.1, 0.15) is 0 Å². The second-order valence-electron chi connectivity index (χ2n) is 2.31. The van der Waals surface area contributed by atoms with E-state index in [0.717, 1.165) is 0 Å². The van der Waals surface area contributed by atoms with E-state index in [4.69, 9.17) is 0 Å². The molecule has 0 saturated heterocycles. The van der Waals surface area contributed by atoms with Crippen molar-refractivity contribution in [2.75, 3.05) is 12.5 Å². The number of carbonyl (C=O) groups excluding carboxylic acids is 1. The minimum atomic E-state index is -0.397. The average Bonchev–Trinajstić information content (AvgIpc) is 2.18. The fraction of sp³-hybridized carbons (Fsp3) is 0.111. The largest absolute Gasteiger partial charge is 0.465 e. The van der Waals surface area contributed by atoms with Gasteiger partial charge in [-0.2, -0.15) is 5.10 Å². The number of hydrogen-bond donors (Lipinski definition) is 1. The predicted molar refractivity (Wildman–Crippen MR) is 51.0 cm³/mol. The number of para-hydroxylation sites is 1. The van der Waals surface area contributed by atoms with Gasteiger partial charge in [0.25, 0.3) is 0 Å². The molecule has 0 aliphatic rings. The van der Waals surface area contributed by atoms with Crippen LogP contribution in [0.2, 0.25) is 0 Å². The lowest BCUT2D eigenvalue weighted by atomic mass is 10.2. The van der Waals surface area contributed by atoms with Gasteiger partial charge >= 0.3 is 5.97 Å². The Bertz CT molecular complexity index is 323. The van der Waals surface area contributed by atoms with Crippen molar-refractivity contribution in [3.63, 3.8) is 0 Å². The number of nitrogens with one attached hydrogen (secondary N) is 1. The van der Waals surface area contributed by atoms with Gasteiger partial charge in [0.2, 0.25) is 0 Å². The molecular formula is C9H10N2O2. The Morgan fingerprint density at radius 3 is 2.85 bits per heavy atom. The SMILES string of the molecule is C=NNc1ccccc1C(=O)OC. The van der Waals surface area contributed by atoms with E-state index in [9.17, 15) is 4.79 Å². The van der Waals surface area contributed by atoms with Crippen LogP contribution in [0.15, 0.2) is 29.4 Å². The molecule has 1 aromatic carbocycles. The summed E-state index contributed by atoms with van der Waals surface area (Å²) in [5, 5.41) is 3.48. The van der Waals surface area contributed by atoms with E-state index < -0.39 is 5.97 Å². The van der Waals surface area contributed by atoms with Crippen LogP contribution in [0.1, 0.15) is 10.4 Å². The molecule has 0 aliphatic heterocycles. The van der Waals surface area contributed by atoms with E-state index in [1.165, 1.54) is 7.11 Å². The highest BCUT2D eigenvalue weighted by Crippen LogP contribution is 2.15. The summed E-state index contributed by atoms with van der Waals surface area (Å²) >= 11 is 0. The van der Waals surface area contributed by atoms with Gasteiger partial charge < -0.3 is 4.74 Å². The lowest BCUT2D eigenvalue weighted by molar-refractivity contribution is 0.0602. The number of hydrogen-bond acceptors (Lipinski definition) is 4. The molecule has 4 nitrogen and oxygen atoms in total. The summed E-state index contributed by atoms with van der Waals surface area (Å²) in [6.07, 6.45) is 0. The number of ether oxygens (including phenoxy) is 1. The minimum Gasteiger partial charge on any atom is -0.465 e. The molecule has 4 heteroatoms. The van der Waals surface area contributed by atoms with E-state index in [2.05, 4.69) is 22.0 Å². The number of esters is 1. The van der Waals surface area contributed by atoms with Crippen LogP contribution >= 0.6 is 0 Å². The lowest BCUT2D eigenvalue weighted by Gasteiger charge is -2.05. The molecule has 0 fully saturated rings. The fourth-order valence-electron chi connectivity index (χ4n) is 0.954. The van der Waals surface area contributed by atoms with Gasteiger partial charge in [-0.1, -0.05) is 12.1 Å². The van der Waals surface area contributed by atoms with Gasteiger partial charge in [0, 0.05) is 6.72 Å². The van der Waals surface area contributed by atoms with E-state index in [1.54, 1.807) is 24.3 Å². The molecule has 68 valence electrons. The normalized spacial score (nSPS) is 9.00. The number of carbonyl (C=O) groups is 1. The zero-order valence-electron chi connectivity index (χ0n) is 7.28. The number of hydrazone groups is 1. The third-order valence-corrected chi connectivity index (χ3v) is 1.53. The van der Waals surface area contributed by atoms with E-state index in [1.807, 2.05) is 0 Å². The first kappa shape index (κ1) is 9.25. The second-order valence-corrected chi connectivity index (χ2v) is 2.31. The zero-order valence-corrected chi connectivity index (χ0v) is 7.28. The van der Waals surface area contributed by atoms with Crippen LogP contribution < -0.4 is 5.43 Å². The van der Waals surface area contributed by atoms with Crippen LogP contribution in [0.3, 0.4) is 0 Å². The Hall–Kier alpha value is -1.84. The fourth-order valence-corrected chi connectivity index (χ4v) is 0.954. The third kappa shape index (κ3) is 2.05. The van der Waals surface area contributed by atoms with Crippen molar-refractivity contribution in [2.24, 2.45) is 5.10 Å². The third-order valence-electron chi connectivity index (χ3n) is 1.53. The molecule has 0 aromatic heterocycles. The molecule has 0 amide bonds. The Balaban J connectivity index is 3.03. The van der Waals surface area contributed by atoms with Gasteiger partial charge in [-0.15, -0.1) is 0 Å². The highest BCUT2D eigenvalue weighted by atomic mass is 16.5. The van der Waals surface area contributed by atoms with Gasteiger partial charge in [-0.3, -0.25) is 5.43 Å². The average molecular weight is 178 g/mol. The molecule has 0 saturated carbocycles. The van der Waals surface area contributed by atoms with Crippen LogP contribution in [0.25, 0.3) is 0 Å². The lowest BCUT2D eigenvalue weighted by Crippen LogP contribution is -2.04. The molecule has 13 heavy (non-hydrogen) atoms. The van der Waals surface area contributed by atoms with Gasteiger partial charge in [0.05, 0.1) is 18.4 Å². The Labute approximate surface area is 76.2 Å². The summed E-state index contributed by atoms with van der Waals surface area (Å²) in [5.74, 6) is -0.397. The first-order valence-corrected chi connectivity index (χ1v) is 3.68. The monoisotopic (exact) mass is 178 g/mol. The standard InChI is InChI=1S/C9H10N2O2/c1-10-11-8-6-4-3-5-7(8)9(12)13-2/h3-6,11H,1H2,2H3. The molecule has 0 heterocycles. The molecule has 1 rings (SSSR count). The molecule has 0 unspecified atom stereocenters. The van der Waals surface area contributed by atoms with Gasteiger partial charge in [-0.25, -0.2) is 4.79 Å². The van der Waals surface area contributed by atoms with Crippen molar-refractivity contribution in [3.05, 3.63) is 29.8 Å². The maximum atomic E-state index is 11.2. The summed E-state index contributed by atoms with van der Waals surface area (Å²) in [6, 6.07) is 6.92. The molecule has 0 radical (unpaired) electrons. The maximum Gasteiger partial charge on any atom is 0.340 e. The van der Waals surface area contributed by atoms with Crippen molar-refractivity contribution in [1.29, 1.82) is 0 Å². The smallest absolute Gasteiger partial charge is 0.340 e. The Kier molecular flexibility index (Phi) is 3.03. The van der Waals surface area contributed by atoms with Crippen LogP contribution in [-0.2, 0) is 4.74 Å². The summed E-state index contributed by atoms with van der Waals surface area (Å²) in [6.45, 7) is 3.27. The molecule has 1 N–H and O–H groups in total. The topological polar surface area (TPSA) is 50.7 Å². The first-order valence-electron chi connectivity index (χ1n) is 3.68. The number of rotatable bonds is 3. The van der Waals surface area contributed by atoms with Crippen LogP contribution in [-0.4, -0.2) is 19.8 Å². The predicted octanol–water partition coefficient (Wildman–Crippen LogP) is 1.50. The zero-order chi connectivity index (χ0) is 9.68. The molecular weight excluding hydrogens is 168 g/mol. The minimum absolute atomic E-state index is 0.397. The van der Waals surface area contributed by atoms with E-state index >= 15 is 0 Å². The van der Waals surface area contributed by atoms with Crippen molar-refractivity contribution >= 4 is 18.4 Å². The van der Waals surface area contributed by atoms with Gasteiger partial charge in [-0.05, 0) is 12.1 Å². The summed E-state index contributed by atoms with van der Waals surface area (Å²) in [5.41, 5.74) is 3.63. The quantitative estimate of drug-likeness (QED) is 0.433. The maximum absolute atomic E-state index is 11.2. The highest BCUT2D eigenvalue weighted by molar-refractivity contribution is 5.95. The van der Waals surface area contributed by atoms with Crippen LogP contribution in [0.4, 0.5) is 5.69 Å². The Morgan fingerprint density at radius 1 is 1.54 bits per heavy atom.